The number of aliphatic imine (C=N–C) groups is 1. The third-order valence-corrected chi connectivity index (χ3v) is 6.52. The maximum atomic E-state index is 11.4. The number of hydrogen-bond acceptors (Lipinski definition) is 5. The largest absolute Gasteiger partial charge is 0.466 e. The number of nitrogens with one attached hydrogen (secondary N) is 2. The van der Waals surface area contributed by atoms with Crippen molar-refractivity contribution >= 4 is 23.3 Å². The molecule has 0 saturated carbocycles. The molecule has 0 bridgehead atoms. The average Bonchev–Trinajstić information content (AvgIpc) is 3.25. The van der Waals surface area contributed by atoms with Gasteiger partial charge in [-0.1, -0.05) is 18.9 Å². The first-order chi connectivity index (χ1) is 14.7. The number of rotatable bonds is 12. The number of hydrogen-bond donors (Lipinski definition) is 2. The maximum Gasteiger partial charge on any atom is 0.305 e. The Hall–Kier alpha value is -1.60. The van der Waals surface area contributed by atoms with Crippen LogP contribution < -0.4 is 10.6 Å². The summed E-state index contributed by atoms with van der Waals surface area (Å²) < 4.78 is 4.96. The summed E-state index contributed by atoms with van der Waals surface area (Å²) in [6.45, 7) is 8.21. The minimum Gasteiger partial charge on any atom is -0.466 e. The van der Waals surface area contributed by atoms with Crippen molar-refractivity contribution in [2.75, 3.05) is 39.8 Å². The van der Waals surface area contributed by atoms with Crippen LogP contribution in [0, 0.1) is 5.92 Å². The highest BCUT2D eigenvalue weighted by molar-refractivity contribution is 7.10. The predicted molar refractivity (Wildman–Crippen MR) is 126 cm³/mol. The molecule has 0 amide bonds. The van der Waals surface area contributed by atoms with Gasteiger partial charge in [0, 0.05) is 37.0 Å². The Balaban J connectivity index is 1.74. The second-order valence-corrected chi connectivity index (χ2v) is 8.94. The van der Waals surface area contributed by atoms with Crippen LogP contribution in [0.2, 0.25) is 0 Å². The predicted octanol–water partition coefficient (Wildman–Crippen LogP) is 4.20. The quantitative estimate of drug-likeness (QED) is 0.222. The van der Waals surface area contributed by atoms with Crippen molar-refractivity contribution in [1.82, 2.24) is 15.5 Å². The average molecular weight is 437 g/mol. The zero-order valence-corrected chi connectivity index (χ0v) is 19.8. The van der Waals surface area contributed by atoms with Crippen LogP contribution in [0.5, 0.6) is 0 Å². The van der Waals surface area contributed by atoms with Crippen molar-refractivity contribution in [2.45, 2.75) is 64.8 Å². The van der Waals surface area contributed by atoms with Gasteiger partial charge in [0.2, 0.25) is 0 Å². The van der Waals surface area contributed by atoms with Gasteiger partial charge in [-0.25, -0.2) is 0 Å². The van der Waals surface area contributed by atoms with E-state index in [1.54, 1.807) is 0 Å². The van der Waals surface area contributed by atoms with E-state index in [1.165, 1.54) is 17.7 Å². The number of piperidine rings is 1. The molecule has 0 radical (unpaired) electrons. The van der Waals surface area contributed by atoms with Crippen molar-refractivity contribution in [1.29, 1.82) is 0 Å². The van der Waals surface area contributed by atoms with Gasteiger partial charge >= 0.3 is 5.97 Å². The summed E-state index contributed by atoms with van der Waals surface area (Å²) in [5.41, 5.74) is 0. The molecular weight excluding hydrogens is 396 g/mol. The summed E-state index contributed by atoms with van der Waals surface area (Å²) in [5, 5.41) is 9.04. The van der Waals surface area contributed by atoms with Gasteiger partial charge in [-0.3, -0.25) is 14.7 Å². The zero-order valence-electron chi connectivity index (χ0n) is 19.0. The van der Waals surface area contributed by atoms with E-state index in [1.807, 2.05) is 18.3 Å². The first-order valence-electron chi connectivity index (χ1n) is 11.6. The van der Waals surface area contributed by atoms with Gasteiger partial charge in [0.1, 0.15) is 0 Å². The first kappa shape index (κ1) is 24.7. The van der Waals surface area contributed by atoms with E-state index < -0.39 is 0 Å². The van der Waals surface area contributed by atoms with E-state index in [9.17, 15) is 4.79 Å². The van der Waals surface area contributed by atoms with Gasteiger partial charge in [-0.2, -0.15) is 0 Å². The van der Waals surface area contributed by atoms with E-state index in [2.05, 4.69) is 47.0 Å². The fourth-order valence-corrected chi connectivity index (χ4v) is 5.08. The molecule has 2 heterocycles. The van der Waals surface area contributed by atoms with Gasteiger partial charge in [0.15, 0.2) is 5.96 Å². The molecule has 0 spiro atoms. The van der Waals surface area contributed by atoms with Crippen LogP contribution in [0.4, 0.5) is 0 Å². The minimum absolute atomic E-state index is 0.0774. The van der Waals surface area contributed by atoms with E-state index >= 15 is 0 Å². The molecule has 7 heteroatoms. The topological polar surface area (TPSA) is 66.0 Å². The second kappa shape index (κ2) is 14.4. The molecule has 6 nitrogen and oxygen atoms in total. The molecular formula is C23H40N4O2S. The number of carbonyl (C=O) groups excluding carboxylic acids is 1. The van der Waals surface area contributed by atoms with Crippen LogP contribution in [0.1, 0.15) is 69.7 Å². The number of guanidine groups is 1. The number of thiophene rings is 1. The summed E-state index contributed by atoms with van der Waals surface area (Å²) in [4.78, 5) is 20.2. The Labute approximate surface area is 186 Å². The monoisotopic (exact) mass is 436 g/mol. The Kier molecular flexibility index (Phi) is 11.9. The lowest BCUT2D eigenvalue weighted by molar-refractivity contribution is -0.143. The van der Waals surface area contributed by atoms with Gasteiger partial charge < -0.3 is 15.4 Å². The van der Waals surface area contributed by atoms with Gasteiger partial charge in [-0.05, 0) is 70.5 Å². The highest BCUT2D eigenvalue weighted by atomic mass is 32.1. The van der Waals surface area contributed by atoms with Crippen molar-refractivity contribution in [3.8, 4) is 0 Å². The van der Waals surface area contributed by atoms with Gasteiger partial charge in [0.25, 0.3) is 0 Å². The SMILES string of the molecule is CCNC(=NCC1CCCN(C)C1c1cccs1)NCCCCCCC(=O)OCC. The minimum atomic E-state index is -0.0774. The van der Waals surface area contributed by atoms with Gasteiger partial charge in [-0.15, -0.1) is 11.3 Å². The molecule has 30 heavy (non-hydrogen) atoms. The van der Waals surface area contributed by atoms with Crippen LogP contribution >= 0.6 is 11.3 Å². The van der Waals surface area contributed by atoms with E-state index in [0.717, 1.165) is 57.8 Å². The molecule has 2 atom stereocenters. The number of carbonyl (C=O) groups is 1. The van der Waals surface area contributed by atoms with Crippen LogP contribution in [0.15, 0.2) is 22.5 Å². The molecule has 0 aliphatic carbocycles. The molecule has 1 saturated heterocycles. The lowest BCUT2D eigenvalue weighted by Crippen LogP contribution is -2.40. The maximum absolute atomic E-state index is 11.4. The van der Waals surface area contributed by atoms with Crippen LogP contribution in [0.25, 0.3) is 0 Å². The van der Waals surface area contributed by atoms with Crippen LogP contribution in [0.3, 0.4) is 0 Å². The number of unbranched alkanes of at least 4 members (excludes halogenated alkanes) is 3. The molecule has 1 aliphatic heterocycles. The standard InChI is InChI=1S/C23H40N4O2S/c1-4-24-23(25-15-9-7-6-8-14-21(28)29-5-2)26-18-19-12-10-16-27(3)22(19)20-13-11-17-30-20/h11,13,17,19,22H,4-10,12,14-16,18H2,1-3H3,(H2,24,25,26). The molecule has 1 aliphatic rings. The highest BCUT2D eigenvalue weighted by Crippen LogP contribution is 2.37. The normalized spacial score (nSPS) is 20.2. The number of ether oxygens (including phenoxy) is 1. The molecule has 2 N–H and O–H groups in total. The van der Waals surface area contributed by atoms with Gasteiger partial charge in [0.05, 0.1) is 6.61 Å². The molecule has 1 aromatic heterocycles. The van der Waals surface area contributed by atoms with Crippen LogP contribution in [-0.2, 0) is 9.53 Å². The summed E-state index contributed by atoms with van der Waals surface area (Å²) in [7, 11) is 2.24. The van der Waals surface area contributed by atoms with E-state index in [0.29, 0.717) is 25.0 Å². The summed E-state index contributed by atoms with van der Waals surface area (Å²) in [5.74, 6) is 1.40. The highest BCUT2D eigenvalue weighted by Gasteiger charge is 2.31. The molecule has 170 valence electrons. The molecule has 1 aromatic rings. The van der Waals surface area contributed by atoms with Crippen molar-refractivity contribution in [3.05, 3.63) is 22.4 Å². The third-order valence-electron chi connectivity index (χ3n) is 5.58. The lowest BCUT2D eigenvalue weighted by Gasteiger charge is -2.38. The van der Waals surface area contributed by atoms with E-state index in [-0.39, 0.29) is 5.97 Å². The number of esters is 1. The fourth-order valence-electron chi connectivity index (χ4n) is 4.10. The first-order valence-corrected chi connectivity index (χ1v) is 12.4. The van der Waals surface area contributed by atoms with Crippen LogP contribution in [-0.4, -0.2) is 56.7 Å². The third kappa shape index (κ3) is 8.64. The Bertz CT molecular complexity index is 621. The summed E-state index contributed by atoms with van der Waals surface area (Å²) in [6, 6.07) is 4.89. The van der Waals surface area contributed by atoms with E-state index in [4.69, 9.17) is 9.73 Å². The summed E-state index contributed by atoms with van der Waals surface area (Å²) >= 11 is 1.86. The summed E-state index contributed by atoms with van der Waals surface area (Å²) in [6.07, 6.45) is 7.17. The number of likely N-dealkylation sites (tertiary alicyclic amines) is 1. The smallest absolute Gasteiger partial charge is 0.305 e. The Morgan fingerprint density at radius 3 is 2.83 bits per heavy atom. The van der Waals surface area contributed by atoms with Crippen molar-refractivity contribution in [2.24, 2.45) is 10.9 Å². The van der Waals surface area contributed by atoms with Crippen molar-refractivity contribution in [3.63, 3.8) is 0 Å². The second-order valence-electron chi connectivity index (χ2n) is 7.96. The molecule has 2 rings (SSSR count). The van der Waals surface area contributed by atoms with Crippen molar-refractivity contribution < 1.29 is 9.53 Å². The Morgan fingerprint density at radius 2 is 2.10 bits per heavy atom. The molecule has 2 unspecified atom stereocenters. The Morgan fingerprint density at radius 1 is 1.27 bits per heavy atom. The fraction of sp³-hybridized carbons (Fsp3) is 0.739. The lowest BCUT2D eigenvalue weighted by atomic mass is 9.88. The molecule has 0 aromatic carbocycles. The number of nitrogens with zero attached hydrogens (tertiary/aromatic N) is 2. The molecule has 1 fully saturated rings. The zero-order chi connectivity index (χ0) is 21.6.